The Bertz CT molecular complexity index is 752. The first-order valence-corrected chi connectivity index (χ1v) is 9.72. The molecule has 1 aliphatic carbocycles. The quantitative estimate of drug-likeness (QED) is 0.842. The molecule has 1 aliphatic heterocycles. The van der Waals surface area contributed by atoms with Crippen LogP contribution in [0.25, 0.3) is 0 Å². The summed E-state index contributed by atoms with van der Waals surface area (Å²) in [4.78, 5) is 18.9. The van der Waals surface area contributed by atoms with E-state index in [2.05, 4.69) is 49.7 Å². The van der Waals surface area contributed by atoms with Gasteiger partial charge in [0.05, 0.1) is 0 Å². The number of amides is 1. The van der Waals surface area contributed by atoms with E-state index in [4.69, 9.17) is 11.6 Å². The maximum atomic E-state index is 12.3. The fraction of sp³-hybridized carbons (Fsp3) is 0.526. The fourth-order valence-corrected chi connectivity index (χ4v) is 4.31. The first kappa shape index (κ1) is 17.5. The topological polar surface area (TPSA) is 73.9 Å². The number of aromatic amines is 1. The summed E-state index contributed by atoms with van der Waals surface area (Å²) in [6.07, 6.45) is 5.37. The molecule has 0 spiro atoms. The smallest absolute Gasteiger partial charge is 0.242 e. The van der Waals surface area contributed by atoms with Gasteiger partial charge in [-0.05, 0) is 55.0 Å². The lowest BCUT2D eigenvalue weighted by molar-refractivity contribution is -0.122. The lowest BCUT2D eigenvalue weighted by atomic mass is 10.0. The van der Waals surface area contributed by atoms with E-state index in [-0.39, 0.29) is 17.2 Å². The van der Waals surface area contributed by atoms with E-state index in [1.165, 1.54) is 11.1 Å². The third-order valence-electron chi connectivity index (χ3n) is 5.46. The van der Waals surface area contributed by atoms with Crippen molar-refractivity contribution >= 4 is 17.5 Å². The highest BCUT2D eigenvalue weighted by Crippen LogP contribution is 2.27. The van der Waals surface area contributed by atoms with E-state index in [0.717, 1.165) is 38.8 Å². The second-order valence-electron chi connectivity index (χ2n) is 7.28. The number of piperidine rings is 1. The van der Waals surface area contributed by atoms with Crippen molar-refractivity contribution in [3.8, 4) is 0 Å². The molecule has 2 N–H and O–H groups in total. The van der Waals surface area contributed by atoms with Gasteiger partial charge in [-0.3, -0.25) is 14.8 Å². The van der Waals surface area contributed by atoms with Gasteiger partial charge >= 0.3 is 0 Å². The third-order valence-corrected chi connectivity index (χ3v) is 5.63. The van der Waals surface area contributed by atoms with Crippen LogP contribution in [0.5, 0.6) is 0 Å². The molecule has 1 amide bonds. The standard InChI is InChI=1S/C19H24ClN5O/c20-19-22-17(23-24-19)7-8-18(26)21-15-6-3-9-25(12-15)16-10-13-4-1-2-5-14(13)11-16/h1-2,4-5,15-16H,3,6-12H2,(H,21,26)(H,22,23,24). The zero-order valence-electron chi connectivity index (χ0n) is 14.7. The van der Waals surface area contributed by atoms with Crippen LogP contribution in [0.2, 0.25) is 5.28 Å². The predicted molar refractivity (Wildman–Crippen MR) is 100 cm³/mol. The van der Waals surface area contributed by atoms with Gasteiger partial charge in [-0.15, -0.1) is 5.10 Å². The van der Waals surface area contributed by atoms with E-state index >= 15 is 0 Å². The number of likely N-dealkylation sites (tertiary alicyclic amines) is 1. The molecule has 0 saturated carbocycles. The molecule has 1 saturated heterocycles. The van der Waals surface area contributed by atoms with Crippen molar-refractivity contribution in [1.29, 1.82) is 0 Å². The Morgan fingerprint density at radius 2 is 2.08 bits per heavy atom. The Kier molecular flexibility index (Phi) is 5.22. The van der Waals surface area contributed by atoms with E-state index < -0.39 is 0 Å². The van der Waals surface area contributed by atoms with Gasteiger partial charge in [0.1, 0.15) is 5.82 Å². The Morgan fingerprint density at radius 1 is 1.31 bits per heavy atom. The van der Waals surface area contributed by atoms with Gasteiger partial charge in [0.2, 0.25) is 11.2 Å². The van der Waals surface area contributed by atoms with Gasteiger partial charge in [-0.25, -0.2) is 4.98 Å². The van der Waals surface area contributed by atoms with Gasteiger partial charge in [0.15, 0.2) is 0 Å². The fourth-order valence-electron chi connectivity index (χ4n) is 4.17. The summed E-state index contributed by atoms with van der Waals surface area (Å²) in [6.45, 7) is 2.07. The molecule has 1 atom stereocenters. The first-order chi connectivity index (χ1) is 12.7. The number of hydrogen-bond donors (Lipinski definition) is 2. The molecular weight excluding hydrogens is 350 g/mol. The van der Waals surface area contributed by atoms with Gasteiger partial charge < -0.3 is 5.32 Å². The van der Waals surface area contributed by atoms with Crippen LogP contribution in [0.3, 0.4) is 0 Å². The molecule has 1 aromatic heterocycles. The number of rotatable bonds is 5. The lowest BCUT2D eigenvalue weighted by Gasteiger charge is -2.37. The molecule has 7 heteroatoms. The Balaban J connectivity index is 1.26. The van der Waals surface area contributed by atoms with Crippen LogP contribution < -0.4 is 5.32 Å². The average molecular weight is 374 g/mol. The molecule has 0 radical (unpaired) electrons. The molecular formula is C19H24ClN5O. The molecule has 1 aromatic carbocycles. The van der Waals surface area contributed by atoms with Crippen molar-refractivity contribution in [3.63, 3.8) is 0 Å². The van der Waals surface area contributed by atoms with Crippen molar-refractivity contribution < 1.29 is 4.79 Å². The number of H-pyrrole nitrogens is 1. The molecule has 0 bridgehead atoms. The predicted octanol–water partition coefficient (Wildman–Crippen LogP) is 2.14. The van der Waals surface area contributed by atoms with E-state index in [1.54, 1.807) is 0 Å². The van der Waals surface area contributed by atoms with Gasteiger partial charge in [0, 0.05) is 31.5 Å². The normalized spacial score (nSPS) is 20.9. The van der Waals surface area contributed by atoms with Crippen LogP contribution in [0.1, 0.15) is 36.2 Å². The highest BCUT2D eigenvalue weighted by molar-refractivity contribution is 6.28. The molecule has 2 aliphatic rings. The number of nitrogens with zero attached hydrogens (tertiary/aromatic N) is 3. The SMILES string of the molecule is O=C(CCc1nc(Cl)n[nH]1)NC1CCCN(C2Cc3ccccc3C2)C1. The summed E-state index contributed by atoms with van der Waals surface area (Å²) in [7, 11) is 0. The minimum Gasteiger partial charge on any atom is -0.352 e. The number of benzene rings is 1. The molecule has 26 heavy (non-hydrogen) atoms. The van der Waals surface area contributed by atoms with Crippen molar-refractivity contribution in [2.24, 2.45) is 0 Å². The number of hydrogen-bond acceptors (Lipinski definition) is 4. The Morgan fingerprint density at radius 3 is 2.77 bits per heavy atom. The largest absolute Gasteiger partial charge is 0.352 e. The summed E-state index contributed by atoms with van der Waals surface area (Å²) in [5.41, 5.74) is 2.96. The summed E-state index contributed by atoms with van der Waals surface area (Å²) in [5.74, 6) is 0.721. The van der Waals surface area contributed by atoms with Gasteiger partial charge in [-0.1, -0.05) is 24.3 Å². The van der Waals surface area contributed by atoms with Crippen LogP contribution in [0, 0.1) is 0 Å². The van der Waals surface area contributed by atoms with E-state index in [1.807, 2.05) is 0 Å². The number of fused-ring (bicyclic) bond motifs is 1. The molecule has 2 heterocycles. The van der Waals surface area contributed by atoms with Crippen molar-refractivity contribution in [2.45, 2.75) is 50.6 Å². The maximum Gasteiger partial charge on any atom is 0.242 e. The van der Waals surface area contributed by atoms with Crippen LogP contribution >= 0.6 is 11.6 Å². The van der Waals surface area contributed by atoms with Crippen LogP contribution in [0.15, 0.2) is 24.3 Å². The monoisotopic (exact) mass is 373 g/mol. The molecule has 6 nitrogen and oxygen atoms in total. The maximum absolute atomic E-state index is 12.3. The summed E-state index contributed by atoms with van der Waals surface area (Å²) >= 11 is 5.68. The van der Waals surface area contributed by atoms with Gasteiger partial charge in [-0.2, -0.15) is 0 Å². The van der Waals surface area contributed by atoms with E-state index in [9.17, 15) is 4.79 Å². The van der Waals surface area contributed by atoms with E-state index in [0.29, 0.717) is 24.7 Å². The number of carbonyl (C=O) groups is 1. The Labute approximate surface area is 158 Å². The van der Waals surface area contributed by atoms with Gasteiger partial charge in [0.25, 0.3) is 0 Å². The average Bonchev–Trinajstić information content (AvgIpc) is 3.26. The summed E-state index contributed by atoms with van der Waals surface area (Å²) in [5, 5.41) is 9.90. The number of aryl methyl sites for hydroxylation is 1. The molecule has 4 rings (SSSR count). The minimum atomic E-state index is 0.0686. The zero-order valence-corrected chi connectivity index (χ0v) is 15.5. The highest BCUT2D eigenvalue weighted by atomic mass is 35.5. The molecule has 138 valence electrons. The molecule has 1 unspecified atom stereocenters. The van der Waals surface area contributed by atoms with Crippen LogP contribution in [0.4, 0.5) is 0 Å². The lowest BCUT2D eigenvalue weighted by Crippen LogP contribution is -2.51. The Hall–Kier alpha value is -1.92. The molecule has 2 aromatic rings. The van der Waals surface area contributed by atoms with Crippen molar-refractivity contribution in [2.75, 3.05) is 13.1 Å². The zero-order chi connectivity index (χ0) is 17.9. The first-order valence-electron chi connectivity index (χ1n) is 9.34. The minimum absolute atomic E-state index is 0.0686. The highest BCUT2D eigenvalue weighted by Gasteiger charge is 2.30. The summed E-state index contributed by atoms with van der Waals surface area (Å²) in [6, 6.07) is 9.55. The number of nitrogens with one attached hydrogen (secondary N) is 2. The second-order valence-corrected chi connectivity index (χ2v) is 7.62. The summed E-state index contributed by atoms with van der Waals surface area (Å²) < 4.78 is 0. The number of carbonyl (C=O) groups excluding carboxylic acids is 1. The number of halogens is 1. The van der Waals surface area contributed by atoms with Crippen molar-refractivity contribution in [1.82, 2.24) is 25.4 Å². The van der Waals surface area contributed by atoms with Crippen molar-refractivity contribution in [3.05, 3.63) is 46.5 Å². The second kappa shape index (κ2) is 7.76. The van der Waals surface area contributed by atoms with Crippen LogP contribution in [-0.2, 0) is 24.1 Å². The van der Waals surface area contributed by atoms with Crippen LogP contribution in [-0.4, -0.2) is 51.2 Å². The third kappa shape index (κ3) is 4.07. The number of aromatic nitrogens is 3. The molecule has 1 fully saturated rings.